The molecule has 3 atom stereocenters. The number of hydrogen-bond acceptors (Lipinski definition) is 6. The number of likely N-dealkylation sites (tertiary alicyclic amines) is 1. The summed E-state index contributed by atoms with van der Waals surface area (Å²) in [5, 5.41) is 9.15. The van der Waals surface area contributed by atoms with Crippen molar-refractivity contribution in [3.8, 4) is 0 Å². The molecular weight excluding hydrogens is 510 g/mol. The van der Waals surface area contributed by atoms with Crippen LogP contribution in [0.1, 0.15) is 36.9 Å². The van der Waals surface area contributed by atoms with Crippen LogP contribution in [0.3, 0.4) is 0 Å². The second-order valence-electron chi connectivity index (χ2n) is 8.96. The highest BCUT2D eigenvalue weighted by Gasteiger charge is 2.55. The number of halogens is 1. The first-order chi connectivity index (χ1) is 17.8. The van der Waals surface area contributed by atoms with E-state index >= 15 is 0 Å². The first-order valence-electron chi connectivity index (χ1n) is 12.2. The number of urea groups is 1. The van der Waals surface area contributed by atoms with Gasteiger partial charge in [0.2, 0.25) is 5.91 Å². The lowest BCUT2D eigenvalue weighted by Crippen LogP contribution is -2.70. The van der Waals surface area contributed by atoms with Crippen molar-refractivity contribution in [3.63, 3.8) is 0 Å². The van der Waals surface area contributed by atoms with E-state index in [4.69, 9.17) is 11.6 Å². The third-order valence-corrected chi connectivity index (χ3v) is 7.70. The smallest absolute Gasteiger partial charge is 0.325 e. The highest BCUT2D eigenvalue weighted by molar-refractivity contribution is 7.14. The molecule has 3 heterocycles. The summed E-state index contributed by atoms with van der Waals surface area (Å²) in [6, 6.07) is 12.8. The molecule has 0 saturated carbocycles. The summed E-state index contributed by atoms with van der Waals surface area (Å²) in [7, 11) is 3.43. The van der Waals surface area contributed by atoms with E-state index in [1.807, 2.05) is 48.7 Å². The maximum Gasteiger partial charge on any atom is 0.325 e. The number of pyridine rings is 1. The van der Waals surface area contributed by atoms with Crippen molar-refractivity contribution in [2.24, 2.45) is 5.92 Å². The zero-order valence-electron chi connectivity index (χ0n) is 21.0. The van der Waals surface area contributed by atoms with E-state index in [2.05, 4.69) is 15.6 Å². The normalized spacial score (nSPS) is 17.6. The number of rotatable bonds is 9. The molecule has 0 spiro atoms. The third kappa shape index (κ3) is 5.78. The van der Waals surface area contributed by atoms with Gasteiger partial charge in [0.15, 0.2) is 0 Å². The van der Waals surface area contributed by atoms with E-state index in [-0.39, 0.29) is 17.9 Å². The Morgan fingerprint density at radius 1 is 1.22 bits per heavy atom. The molecule has 10 heteroatoms. The number of benzene rings is 1. The van der Waals surface area contributed by atoms with Crippen LogP contribution in [0.5, 0.6) is 0 Å². The highest BCUT2D eigenvalue weighted by atomic mass is 35.5. The van der Waals surface area contributed by atoms with Gasteiger partial charge in [-0.15, -0.1) is 11.3 Å². The maximum atomic E-state index is 13.7. The Morgan fingerprint density at radius 3 is 2.70 bits per heavy atom. The Kier molecular flexibility index (Phi) is 8.45. The van der Waals surface area contributed by atoms with Crippen LogP contribution >= 0.6 is 22.9 Å². The van der Waals surface area contributed by atoms with Gasteiger partial charge in [-0.3, -0.25) is 14.5 Å². The Balaban J connectivity index is 1.60. The van der Waals surface area contributed by atoms with Gasteiger partial charge in [-0.25, -0.2) is 9.78 Å². The monoisotopic (exact) mass is 539 g/mol. The van der Waals surface area contributed by atoms with Crippen molar-refractivity contribution in [1.82, 2.24) is 15.2 Å². The molecule has 0 radical (unpaired) electrons. The molecule has 1 fully saturated rings. The number of β-lactam (4-membered cyclic amide) rings is 1. The number of aromatic nitrogens is 1. The molecule has 1 aromatic carbocycles. The number of amides is 4. The lowest BCUT2D eigenvalue weighted by atomic mass is 9.81. The first kappa shape index (κ1) is 26.6. The number of anilines is 2. The van der Waals surface area contributed by atoms with E-state index in [9.17, 15) is 14.4 Å². The lowest BCUT2D eigenvalue weighted by Gasteiger charge is -2.46. The molecule has 0 bridgehead atoms. The molecule has 8 nitrogen and oxygen atoms in total. The standard InChI is InChI=1S/C27H30ClN5O3S/c1-4-7-21(18-8-5-9-19(28)16-18)31-27(36)33-24(26(35)32(3)23-10-6-13-37-23)20(25(33)34)14-17-11-12-30-22(15-17)29-2/h5-6,8-13,15-16,20-21,24H,4,7,14H2,1-3H3,(H,29,30)(H,31,36)/t20-,21-,24+/m1/s1. The molecule has 0 aliphatic carbocycles. The second-order valence-corrected chi connectivity index (χ2v) is 10.3. The van der Waals surface area contributed by atoms with Gasteiger partial charge in [0.1, 0.15) is 11.9 Å². The summed E-state index contributed by atoms with van der Waals surface area (Å²) in [5.41, 5.74) is 1.71. The number of carbonyl (C=O) groups is 3. The SMILES string of the molecule is CCC[C@@H](NC(=O)N1C(=O)[C@H](Cc2ccnc(NC)c2)[C@H]1C(=O)N(C)c1cccs1)c1cccc(Cl)c1. The van der Waals surface area contributed by atoms with E-state index in [1.165, 1.54) is 16.2 Å². The largest absolute Gasteiger partial charge is 0.373 e. The summed E-state index contributed by atoms with van der Waals surface area (Å²) in [4.78, 5) is 47.3. The third-order valence-electron chi connectivity index (χ3n) is 6.52. The van der Waals surface area contributed by atoms with E-state index in [1.54, 1.807) is 32.4 Å². The molecule has 1 saturated heterocycles. The molecule has 37 heavy (non-hydrogen) atoms. The van der Waals surface area contributed by atoms with Gasteiger partial charge >= 0.3 is 6.03 Å². The summed E-state index contributed by atoms with van der Waals surface area (Å²) < 4.78 is 0. The van der Waals surface area contributed by atoms with Crippen molar-refractivity contribution < 1.29 is 14.4 Å². The zero-order chi connectivity index (χ0) is 26.5. The molecule has 2 aromatic heterocycles. The Morgan fingerprint density at radius 2 is 2.03 bits per heavy atom. The Labute approximate surface area is 225 Å². The highest BCUT2D eigenvalue weighted by Crippen LogP contribution is 2.34. The number of nitrogens with one attached hydrogen (secondary N) is 2. The minimum Gasteiger partial charge on any atom is -0.373 e. The van der Waals surface area contributed by atoms with Crippen molar-refractivity contribution in [2.75, 3.05) is 24.3 Å². The van der Waals surface area contributed by atoms with Crippen molar-refractivity contribution in [3.05, 3.63) is 76.3 Å². The van der Waals surface area contributed by atoms with Crippen LogP contribution in [-0.4, -0.2) is 47.9 Å². The zero-order valence-corrected chi connectivity index (χ0v) is 22.6. The van der Waals surface area contributed by atoms with E-state index in [0.29, 0.717) is 23.7 Å². The van der Waals surface area contributed by atoms with Gasteiger partial charge < -0.3 is 15.5 Å². The molecule has 1 aliphatic heterocycles. The van der Waals surface area contributed by atoms with Crippen LogP contribution in [0.25, 0.3) is 0 Å². The molecule has 2 N–H and O–H groups in total. The number of thiophene rings is 1. The predicted octanol–water partition coefficient (Wildman–Crippen LogP) is 5.12. The van der Waals surface area contributed by atoms with Crippen LogP contribution in [0.15, 0.2) is 60.1 Å². The number of imide groups is 1. The predicted molar refractivity (Wildman–Crippen MR) is 147 cm³/mol. The summed E-state index contributed by atoms with van der Waals surface area (Å²) in [6.07, 6.45) is 3.45. The van der Waals surface area contributed by atoms with Gasteiger partial charge in [0.05, 0.1) is 17.0 Å². The van der Waals surface area contributed by atoms with Crippen molar-refractivity contribution in [2.45, 2.75) is 38.3 Å². The summed E-state index contributed by atoms with van der Waals surface area (Å²) in [6.45, 7) is 2.02. The van der Waals surface area contributed by atoms with E-state index < -0.39 is 18.0 Å². The molecule has 3 aromatic rings. The van der Waals surface area contributed by atoms with Gasteiger partial charge in [-0.1, -0.05) is 37.1 Å². The number of hydrogen-bond donors (Lipinski definition) is 2. The maximum absolute atomic E-state index is 13.7. The number of carbonyl (C=O) groups excluding carboxylic acids is 3. The van der Waals surface area contributed by atoms with Gasteiger partial charge in [-0.2, -0.15) is 0 Å². The number of nitrogens with zero attached hydrogens (tertiary/aromatic N) is 3. The molecule has 4 amide bonds. The minimum absolute atomic E-state index is 0.306. The molecule has 1 aliphatic rings. The molecule has 194 valence electrons. The first-order valence-corrected chi connectivity index (χ1v) is 13.4. The van der Waals surface area contributed by atoms with Gasteiger partial charge in [-0.05, 0) is 65.7 Å². The lowest BCUT2D eigenvalue weighted by molar-refractivity contribution is -0.156. The van der Waals surface area contributed by atoms with Crippen LogP contribution < -0.4 is 15.5 Å². The average molecular weight is 540 g/mol. The van der Waals surface area contributed by atoms with Crippen LogP contribution in [-0.2, 0) is 16.0 Å². The summed E-state index contributed by atoms with van der Waals surface area (Å²) in [5.74, 6) is -0.676. The van der Waals surface area contributed by atoms with Gasteiger partial charge in [0, 0.05) is 25.3 Å². The quantitative estimate of drug-likeness (QED) is 0.368. The second kappa shape index (κ2) is 11.7. The fraction of sp³-hybridized carbons (Fsp3) is 0.333. The summed E-state index contributed by atoms with van der Waals surface area (Å²) >= 11 is 7.60. The average Bonchev–Trinajstić information content (AvgIpc) is 3.44. The molecular formula is C27H30ClN5O3S. The fourth-order valence-corrected chi connectivity index (χ4v) is 5.47. The van der Waals surface area contributed by atoms with E-state index in [0.717, 1.165) is 27.4 Å². The van der Waals surface area contributed by atoms with Crippen LogP contribution in [0.4, 0.5) is 15.6 Å². The topological polar surface area (TPSA) is 94.6 Å². The molecule has 4 rings (SSSR count). The van der Waals surface area contributed by atoms with Crippen molar-refractivity contribution in [1.29, 1.82) is 0 Å². The minimum atomic E-state index is -0.924. The van der Waals surface area contributed by atoms with Gasteiger partial charge in [0.25, 0.3) is 5.91 Å². The Hall–Kier alpha value is -3.43. The van der Waals surface area contributed by atoms with Crippen LogP contribution in [0.2, 0.25) is 5.02 Å². The fourth-order valence-electron chi connectivity index (χ4n) is 4.57. The Bertz CT molecular complexity index is 1270. The number of likely N-dealkylation sites (N-methyl/N-ethyl adjacent to an activating group) is 1. The molecule has 0 unspecified atom stereocenters. The van der Waals surface area contributed by atoms with Crippen LogP contribution in [0, 0.1) is 5.92 Å². The van der Waals surface area contributed by atoms with Crippen molar-refractivity contribution >= 4 is 51.6 Å².